The predicted molar refractivity (Wildman–Crippen MR) is 70.5 cm³/mol. The van der Waals surface area contributed by atoms with Gasteiger partial charge in [0.15, 0.2) is 0 Å². The molecule has 0 radical (unpaired) electrons. The van der Waals surface area contributed by atoms with Gasteiger partial charge in [0.05, 0.1) is 6.54 Å². The lowest BCUT2D eigenvalue weighted by molar-refractivity contribution is 0.213. The van der Waals surface area contributed by atoms with E-state index < -0.39 is 10.0 Å². The molecular weight excluding hydrogens is 252 g/mol. The first-order chi connectivity index (χ1) is 8.10. The van der Waals surface area contributed by atoms with E-state index in [1.807, 2.05) is 27.7 Å². The molecule has 6 heteroatoms. The molecule has 1 aromatic rings. The maximum Gasteiger partial charge on any atom is 0.276 e. The molecule has 0 aliphatic carbocycles. The van der Waals surface area contributed by atoms with Crippen molar-refractivity contribution in [3.8, 4) is 0 Å². The van der Waals surface area contributed by atoms with Crippen LogP contribution in [0.4, 0.5) is 0 Å². The molecule has 1 atom stereocenters. The van der Waals surface area contributed by atoms with Crippen molar-refractivity contribution in [2.45, 2.75) is 45.4 Å². The molecule has 0 spiro atoms. The molecule has 1 aromatic heterocycles. The summed E-state index contributed by atoms with van der Waals surface area (Å²) in [7, 11) is -2.03. The molecule has 18 heavy (non-hydrogen) atoms. The van der Waals surface area contributed by atoms with Gasteiger partial charge in [0, 0.05) is 13.1 Å². The summed E-state index contributed by atoms with van der Waals surface area (Å²) in [6, 6.07) is 2.89. The topological polar surface area (TPSA) is 76.5 Å². The van der Waals surface area contributed by atoms with Crippen molar-refractivity contribution in [3.05, 3.63) is 17.9 Å². The molecule has 1 unspecified atom stereocenters. The van der Waals surface area contributed by atoms with Gasteiger partial charge in [-0.15, -0.1) is 0 Å². The van der Waals surface area contributed by atoms with Crippen molar-refractivity contribution in [1.82, 2.24) is 4.31 Å². The van der Waals surface area contributed by atoms with Gasteiger partial charge in [-0.3, -0.25) is 0 Å². The van der Waals surface area contributed by atoms with Gasteiger partial charge in [0.2, 0.25) is 5.09 Å². The minimum absolute atomic E-state index is 0.0541. The van der Waals surface area contributed by atoms with Crippen LogP contribution in [0.1, 0.15) is 33.5 Å². The summed E-state index contributed by atoms with van der Waals surface area (Å²) in [5.41, 5.74) is 5.26. The SMILES string of the molecule is CC(N(C)S(=O)(=O)c1ccc(CN)o1)C(C)(C)C. The monoisotopic (exact) mass is 274 g/mol. The highest BCUT2D eigenvalue weighted by molar-refractivity contribution is 7.89. The van der Waals surface area contributed by atoms with Crippen LogP contribution >= 0.6 is 0 Å². The van der Waals surface area contributed by atoms with E-state index in [4.69, 9.17) is 10.2 Å². The Hall–Kier alpha value is -0.850. The number of hydrogen-bond acceptors (Lipinski definition) is 4. The Morgan fingerprint density at radius 3 is 2.33 bits per heavy atom. The Morgan fingerprint density at radius 1 is 1.39 bits per heavy atom. The summed E-state index contributed by atoms with van der Waals surface area (Å²) in [6.07, 6.45) is 0. The van der Waals surface area contributed by atoms with Gasteiger partial charge in [-0.1, -0.05) is 20.8 Å². The van der Waals surface area contributed by atoms with Gasteiger partial charge >= 0.3 is 0 Å². The van der Waals surface area contributed by atoms with E-state index >= 15 is 0 Å². The zero-order valence-corrected chi connectivity index (χ0v) is 12.4. The second-order valence-electron chi connectivity index (χ2n) is 5.49. The van der Waals surface area contributed by atoms with Crippen molar-refractivity contribution >= 4 is 10.0 Å². The Balaban J connectivity index is 3.07. The van der Waals surface area contributed by atoms with Crippen LogP contribution in [0.2, 0.25) is 0 Å². The maximum absolute atomic E-state index is 12.3. The Morgan fingerprint density at radius 2 is 1.94 bits per heavy atom. The standard InChI is InChI=1S/C12H22N2O3S/c1-9(12(2,3)4)14(5)18(15,16)11-7-6-10(8-13)17-11/h6-7,9H,8,13H2,1-5H3. The van der Waals surface area contributed by atoms with Crippen LogP contribution in [-0.2, 0) is 16.6 Å². The van der Waals surface area contributed by atoms with Gasteiger partial charge in [-0.2, -0.15) is 4.31 Å². The van der Waals surface area contributed by atoms with E-state index in [0.717, 1.165) is 0 Å². The number of nitrogens with zero attached hydrogens (tertiary/aromatic N) is 1. The minimum Gasteiger partial charge on any atom is -0.447 e. The number of hydrogen-bond donors (Lipinski definition) is 1. The summed E-state index contributed by atoms with van der Waals surface area (Å²) in [4.78, 5) is 0. The second-order valence-corrected chi connectivity index (χ2v) is 7.42. The van der Waals surface area contributed by atoms with Crippen LogP contribution in [-0.4, -0.2) is 25.8 Å². The van der Waals surface area contributed by atoms with Crippen molar-refractivity contribution in [1.29, 1.82) is 0 Å². The molecule has 0 fully saturated rings. The average molecular weight is 274 g/mol. The van der Waals surface area contributed by atoms with Crippen molar-refractivity contribution in [2.75, 3.05) is 7.05 Å². The molecule has 104 valence electrons. The molecular formula is C12H22N2O3S. The summed E-state index contributed by atoms with van der Waals surface area (Å²) in [5.74, 6) is 0.463. The Labute approximate surface area is 109 Å². The molecule has 0 bridgehead atoms. The van der Waals surface area contributed by atoms with Crippen LogP contribution in [0.15, 0.2) is 21.6 Å². The largest absolute Gasteiger partial charge is 0.447 e. The smallest absolute Gasteiger partial charge is 0.276 e. The highest BCUT2D eigenvalue weighted by Crippen LogP contribution is 2.28. The fraction of sp³-hybridized carbons (Fsp3) is 0.667. The van der Waals surface area contributed by atoms with E-state index in [1.54, 1.807) is 13.1 Å². The molecule has 5 nitrogen and oxygen atoms in total. The Kier molecular flexibility index (Phi) is 4.25. The third-order valence-electron chi connectivity index (χ3n) is 3.27. The fourth-order valence-corrected chi connectivity index (χ4v) is 2.97. The number of sulfonamides is 1. The van der Waals surface area contributed by atoms with E-state index in [-0.39, 0.29) is 23.1 Å². The number of furan rings is 1. The quantitative estimate of drug-likeness (QED) is 0.908. The predicted octanol–water partition coefficient (Wildman–Crippen LogP) is 1.79. The molecule has 0 amide bonds. The third-order valence-corrected chi connectivity index (χ3v) is 5.07. The van der Waals surface area contributed by atoms with Gasteiger partial charge in [-0.05, 0) is 24.5 Å². The summed E-state index contributed by atoms with van der Waals surface area (Å²) in [6.45, 7) is 8.06. The molecule has 0 saturated carbocycles. The molecule has 0 saturated heterocycles. The first-order valence-electron chi connectivity index (χ1n) is 5.87. The van der Waals surface area contributed by atoms with Crippen molar-refractivity contribution in [2.24, 2.45) is 11.1 Å². The molecule has 0 aliphatic heterocycles. The lowest BCUT2D eigenvalue weighted by Crippen LogP contribution is -2.42. The zero-order chi connectivity index (χ0) is 14.1. The highest BCUT2D eigenvalue weighted by atomic mass is 32.2. The molecule has 0 aliphatic rings. The fourth-order valence-electron chi connectivity index (χ4n) is 1.50. The minimum atomic E-state index is -3.60. The van der Waals surface area contributed by atoms with E-state index in [0.29, 0.717) is 5.76 Å². The zero-order valence-electron chi connectivity index (χ0n) is 11.6. The lowest BCUT2D eigenvalue weighted by atomic mass is 9.88. The summed E-state index contributed by atoms with van der Waals surface area (Å²) < 4.78 is 31.2. The van der Waals surface area contributed by atoms with Crippen molar-refractivity contribution in [3.63, 3.8) is 0 Å². The van der Waals surface area contributed by atoms with Crippen LogP contribution in [0.5, 0.6) is 0 Å². The van der Waals surface area contributed by atoms with Crippen LogP contribution in [0.3, 0.4) is 0 Å². The number of rotatable bonds is 4. The van der Waals surface area contributed by atoms with E-state index in [1.165, 1.54) is 10.4 Å². The summed E-state index contributed by atoms with van der Waals surface area (Å²) in [5, 5.41) is -0.0541. The van der Waals surface area contributed by atoms with Crippen LogP contribution < -0.4 is 5.73 Å². The van der Waals surface area contributed by atoms with E-state index in [2.05, 4.69) is 0 Å². The Bertz CT molecular complexity index is 500. The third kappa shape index (κ3) is 2.93. The van der Waals surface area contributed by atoms with Crippen molar-refractivity contribution < 1.29 is 12.8 Å². The summed E-state index contributed by atoms with van der Waals surface area (Å²) >= 11 is 0. The lowest BCUT2D eigenvalue weighted by Gasteiger charge is -2.33. The average Bonchev–Trinajstić information content (AvgIpc) is 2.74. The van der Waals surface area contributed by atoms with Gasteiger partial charge in [0.25, 0.3) is 10.0 Å². The van der Waals surface area contributed by atoms with Crippen LogP contribution in [0, 0.1) is 5.41 Å². The van der Waals surface area contributed by atoms with E-state index in [9.17, 15) is 8.42 Å². The van der Waals surface area contributed by atoms with Gasteiger partial charge in [-0.25, -0.2) is 8.42 Å². The van der Waals surface area contributed by atoms with Gasteiger partial charge in [0.1, 0.15) is 5.76 Å². The molecule has 1 heterocycles. The maximum atomic E-state index is 12.3. The molecule has 2 N–H and O–H groups in total. The second kappa shape index (κ2) is 5.03. The number of nitrogens with two attached hydrogens (primary N) is 1. The van der Waals surface area contributed by atoms with Gasteiger partial charge < -0.3 is 10.2 Å². The molecule has 1 rings (SSSR count). The first kappa shape index (κ1) is 15.2. The molecule has 0 aromatic carbocycles. The van der Waals surface area contributed by atoms with Crippen LogP contribution in [0.25, 0.3) is 0 Å². The highest BCUT2D eigenvalue weighted by Gasteiger charge is 2.34. The normalized spacial score (nSPS) is 15.1. The first-order valence-corrected chi connectivity index (χ1v) is 7.31.